The fourth-order valence-corrected chi connectivity index (χ4v) is 10.5. The number of nitrogens with zero attached hydrogens (tertiary/aromatic N) is 6. The van der Waals surface area contributed by atoms with Crippen molar-refractivity contribution in [3.05, 3.63) is 134 Å². The molecule has 2 N–H and O–H groups in total. The number of likely N-dealkylation sites (tertiary alicyclic amines) is 2. The van der Waals surface area contributed by atoms with Crippen LogP contribution in [0.5, 0.6) is 0 Å². The molecule has 0 atom stereocenters. The molecule has 3 aliphatic rings. The fraction of sp³-hybridized carbons (Fsp3) is 0.423. The molecule has 2 saturated heterocycles. The number of carbonyl (C=O) groups excluding carboxylic acids is 1. The van der Waals surface area contributed by atoms with Crippen LogP contribution in [0, 0.1) is 0 Å². The van der Waals surface area contributed by atoms with Crippen LogP contribution in [-0.4, -0.2) is 82.6 Å². The van der Waals surface area contributed by atoms with Crippen LogP contribution in [0.15, 0.2) is 102 Å². The lowest BCUT2D eigenvalue weighted by atomic mass is 10.0. The van der Waals surface area contributed by atoms with Gasteiger partial charge in [0.05, 0.1) is 36.9 Å². The lowest BCUT2D eigenvalue weighted by molar-refractivity contribution is -0.104. The third kappa shape index (κ3) is 13.8. The maximum Gasteiger partial charge on any atom is 0.252 e. The Bertz CT molecular complexity index is 2420. The van der Waals surface area contributed by atoms with Crippen LogP contribution in [0.25, 0.3) is 33.1 Å². The van der Waals surface area contributed by atoms with Crippen LogP contribution < -0.4 is 21.1 Å². The average Bonchev–Trinajstić information content (AvgIpc) is 3.96. The number of thiophene rings is 2. The molecule has 0 unspecified atom stereocenters. The molecule has 6 aromatic rings. The summed E-state index contributed by atoms with van der Waals surface area (Å²) in [6, 6.07) is 21.8. The number of carbonyl (C=O) groups is 1. The van der Waals surface area contributed by atoms with Gasteiger partial charge < -0.3 is 15.5 Å². The van der Waals surface area contributed by atoms with E-state index < -0.39 is 0 Å². The molecule has 1 aliphatic carbocycles. The van der Waals surface area contributed by atoms with Crippen LogP contribution in [0.3, 0.4) is 0 Å². The average molecular weight is 901 g/mol. The Morgan fingerprint density at radius 3 is 2.19 bits per heavy atom. The maximum absolute atomic E-state index is 12.4. The normalized spacial score (nSPS) is 15.8. The molecule has 7 heterocycles. The fourth-order valence-electron chi connectivity index (χ4n) is 8.38. The number of aromatic nitrogens is 3. The largest absolute Gasteiger partial charge is 0.360 e. The first-order chi connectivity index (χ1) is 31.4. The van der Waals surface area contributed by atoms with E-state index >= 15 is 0 Å². The first-order valence-electron chi connectivity index (χ1n) is 23.3. The number of nitrogens with one attached hydrogen (secondary N) is 2. The van der Waals surface area contributed by atoms with Gasteiger partial charge in [-0.1, -0.05) is 58.4 Å². The van der Waals surface area contributed by atoms with E-state index in [1.54, 1.807) is 24.7 Å². The molecular weight excluding hydrogens is 833 g/mol. The van der Waals surface area contributed by atoms with E-state index in [-0.39, 0.29) is 5.56 Å². The Kier molecular flexibility index (Phi) is 19.5. The standard InChI is InChI=1S/C24H30N4OS.C23H24N4OS.C3H8.C2H6/c1-27(23-17-25-11-8-19(23)6-4-14-29)18-28-12-9-21(10-13-28)26-16-22-15-20-5-2-3-7-24(20)30-22;28-23-6-5-17-7-10-24-15-21(17)27(23)16-26-11-8-19(9-12-26)25-14-20-13-18-3-1-2-4-22(18)29-20;1-3-2;1-2/h3-4,6-8,11,14-15,17,21,26H,2,5,9-10,12-13,16,18H2,1H3;1-7,10,13,15,19,25H,8-9,11-12,14,16H2;3H2,1-2H3;1-2H3/b6-4-;;;. The van der Waals surface area contributed by atoms with Crippen molar-refractivity contribution in [2.24, 2.45) is 0 Å². The highest BCUT2D eigenvalue weighted by atomic mass is 32.1. The first-order valence-corrected chi connectivity index (χ1v) is 24.9. The molecule has 9 rings (SSSR count). The van der Waals surface area contributed by atoms with Gasteiger partial charge in [0.15, 0.2) is 0 Å². The van der Waals surface area contributed by atoms with Gasteiger partial charge in [0.2, 0.25) is 0 Å². The minimum absolute atomic E-state index is 0.0375. The van der Waals surface area contributed by atoms with Crippen LogP contribution in [0.4, 0.5) is 5.69 Å². The summed E-state index contributed by atoms with van der Waals surface area (Å²) >= 11 is 3.81. The molecule has 0 spiro atoms. The summed E-state index contributed by atoms with van der Waals surface area (Å²) < 4.78 is 3.20. The van der Waals surface area contributed by atoms with E-state index in [1.807, 2.05) is 71.6 Å². The smallest absolute Gasteiger partial charge is 0.252 e. The molecule has 2 aliphatic heterocycles. The van der Waals surface area contributed by atoms with Crippen molar-refractivity contribution in [1.29, 1.82) is 0 Å². The van der Waals surface area contributed by atoms with E-state index in [0.717, 1.165) is 87.2 Å². The third-order valence-corrected chi connectivity index (χ3v) is 13.9. The minimum atomic E-state index is 0.0375. The molecule has 5 aromatic heterocycles. The molecule has 2 fully saturated rings. The predicted molar refractivity (Wildman–Crippen MR) is 272 cm³/mol. The zero-order chi connectivity index (χ0) is 45.1. The number of rotatable bonds is 13. The Labute approximate surface area is 388 Å². The minimum Gasteiger partial charge on any atom is -0.360 e. The summed E-state index contributed by atoms with van der Waals surface area (Å²) in [5.74, 6) is 0. The van der Waals surface area contributed by atoms with Gasteiger partial charge in [0.25, 0.3) is 5.56 Å². The molecule has 0 amide bonds. The van der Waals surface area contributed by atoms with Crippen LogP contribution in [0.1, 0.15) is 92.0 Å². The van der Waals surface area contributed by atoms with Gasteiger partial charge in [-0.05, 0) is 104 Å². The van der Waals surface area contributed by atoms with Gasteiger partial charge in [0, 0.05) is 107 Å². The highest BCUT2D eigenvalue weighted by Gasteiger charge is 2.22. The Morgan fingerprint density at radius 2 is 1.48 bits per heavy atom. The second-order valence-electron chi connectivity index (χ2n) is 16.5. The van der Waals surface area contributed by atoms with Crippen molar-refractivity contribution in [3.8, 4) is 0 Å². The maximum atomic E-state index is 12.4. The number of benzene rings is 1. The molecule has 0 bridgehead atoms. The summed E-state index contributed by atoms with van der Waals surface area (Å²) in [7, 11) is 2.09. The number of allylic oxidation sites excluding steroid dienone is 2. The highest BCUT2D eigenvalue weighted by Crippen LogP contribution is 2.29. The van der Waals surface area contributed by atoms with Gasteiger partial charge in [-0.2, -0.15) is 0 Å². The number of hydrogen-bond donors (Lipinski definition) is 2. The second-order valence-corrected chi connectivity index (χ2v) is 18.8. The van der Waals surface area contributed by atoms with E-state index in [0.29, 0.717) is 18.8 Å². The lowest BCUT2D eigenvalue weighted by Crippen LogP contribution is -2.45. The highest BCUT2D eigenvalue weighted by molar-refractivity contribution is 7.19. The summed E-state index contributed by atoms with van der Waals surface area (Å²) in [6.45, 7) is 15.8. The van der Waals surface area contributed by atoms with Crippen molar-refractivity contribution >= 4 is 67.8 Å². The van der Waals surface area contributed by atoms with Crippen molar-refractivity contribution in [1.82, 2.24) is 35.0 Å². The quantitative estimate of drug-likeness (QED) is 0.0867. The molecule has 64 heavy (non-hydrogen) atoms. The zero-order valence-electron chi connectivity index (χ0n) is 38.5. The third-order valence-electron chi connectivity index (χ3n) is 11.7. The molecule has 12 heteroatoms. The van der Waals surface area contributed by atoms with E-state index in [9.17, 15) is 9.59 Å². The van der Waals surface area contributed by atoms with Crippen LogP contribution in [-0.2, 0) is 31.0 Å². The Balaban J connectivity index is 0.000000193. The molecular formula is C52H68N8O2S2. The number of pyridine rings is 3. The van der Waals surface area contributed by atoms with Gasteiger partial charge >= 0.3 is 0 Å². The number of aryl methyl sites for hydroxylation is 1. The molecule has 10 nitrogen and oxygen atoms in total. The molecule has 340 valence electrons. The van der Waals surface area contributed by atoms with Crippen molar-refractivity contribution in [2.75, 3.05) is 44.8 Å². The van der Waals surface area contributed by atoms with E-state index in [4.69, 9.17) is 0 Å². The monoisotopic (exact) mass is 900 g/mol. The van der Waals surface area contributed by atoms with Crippen LogP contribution in [0.2, 0.25) is 0 Å². The predicted octanol–water partition coefficient (Wildman–Crippen LogP) is 10.2. The molecule has 1 aromatic carbocycles. The SMILES string of the molecule is CC.CCC.CN(CN1CCC(NCc2cc3c(s2)C=CCC3)CC1)c1cnccc1/C=C\C=O.O=c1ccc2ccncc2n1CN1CCC(NCc2cc3ccccc3s2)CC1. The van der Waals surface area contributed by atoms with Crippen molar-refractivity contribution < 1.29 is 4.79 Å². The first kappa shape index (κ1) is 48.6. The molecule has 0 saturated carbocycles. The number of anilines is 1. The summed E-state index contributed by atoms with van der Waals surface area (Å²) in [5, 5.41) is 9.90. The molecule has 0 radical (unpaired) electrons. The van der Waals surface area contributed by atoms with Gasteiger partial charge in [-0.3, -0.25) is 33.9 Å². The van der Waals surface area contributed by atoms with Crippen molar-refractivity contribution in [3.63, 3.8) is 0 Å². The lowest BCUT2D eigenvalue weighted by Gasteiger charge is -2.35. The number of piperidine rings is 2. The van der Waals surface area contributed by atoms with E-state index in [1.165, 1.54) is 68.5 Å². The number of fused-ring (bicyclic) bond motifs is 3. The van der Waals surface area contributed by atoms with Gasteiger partial charge in [0.1, 0.15) is 6.29 Å². The topological polar surface area (TPSA) is 98.6 Å². The van der Waals surface area contributed by atoms with Gasteiger partial charge in [-0.15, -0.1) is 22.7 Å². The number of aldehydes is 1. The number of hydrogen-bond acceptors (Lipinski definition) is 11. The van der Waals surface area contributed by atoms with Gasteiger partial charge in [-0.25, -0.2) is 0 Å². The van der Waals surface area contributed by atoms with E-state index in [2.05, 4.69) is 105 Å². The summed E-state index contributed by atoms with van der Waals surface area (Å²) in [4.78, 5) is 42.9. The second kappa shape index (κ2) is 25.6. The van der Waals surface area contributed by atoms with Crippen LogP contribution >= 0.6 is 22.7 Å². The summed E-state index contributed by atoms with van der Waals surface area (Å²) in [5.41, 5.74) is 4.53. The Hall–Kier alpha value is -4.82. The Morgan fingerprint density at radius 1 is 0.812 bits per heavy atom. The summed E-state index contributed by atoms with van der Waals surface area (Å²) in [6.07, 6.45) is 24.1. The van der Waals surface area contributed by atoms with Crippen molar-refractivity contribution in [2.45, 2.75) is 104 Å². The zero-order valence-corrected chi connectivity index (χ0v) is 40.2.